The lowest BCUT2D eigenvalue weighted by Crippen LogP contribution is -2.30. The molecule has 7 nitrogen and oxygen atoms in total. The third kappa shape index (κ3) is 5.06. The fourth-order valence-electron chi connectivity index (χ4n) is 2.57. The molecular weight excluding hydrogens is 386 g/mol. The summed E-state index contributed by atoms with van der Waals surface area (Å²) in [6.45, 7) is 2.59. The Labute approximate surface area is 168 Å². The molecule has 1 atom stereocenters. The second-order valence-electron chi connectivity index (χ2n) is 5.65. The fourth-order valence-corrected chi connectivity index (χ4v) is 3.29. The summed E-state index contributed by atoms with van der Waals surface area (Å²) in [7, 11) is 3.56. The van der Waals surface area contributed by atoms with Crippen LogP contribution in [-0.2, 0) is 11.8 Å². The van der Waals surface area contributed by atoms with E-state index in [-0.39, 0.29) is 18.3 Å². The predicted molar refractivity (Wildman–Crippen MR) is 110 cm³/mol. The Morgan fingerprint density at radius 1 is 1.33 bits per heavy atom. The highest BCUT2D eigenvalue weighted by molar-refractivity contribution is 7.14. The molecule has 0 aliphatic rings. The highest BCUT2D eigenvalue weighted by Crippen LogP contribution is 2.27. The number of carbonyl (C=O) groups is 1. The maximum absolute atomic E-state index is 12.6. The molecule has 0 spiro atoms. The first-order valence-electron chi connectivity index (χ1n) is 8.26. The third-order valence-corrected chi connectivity index (χ3v) is 4.56. The summed E-state index contributed by atoms with van der Waals surface area (Å²) < 4.78 is 7.12. The lowest BCUT2D eigenvalue weighted by molar-refractivity contribution is -0.118. The van der Waals surface area contributed by atoms with Gasteiger partial charge in [0.25, 0.3) is 0 Å². The highest BCUT2D eigenvalue weighted by atomic mass is 35.5. The first kappa shape index (κ1) is 20.9. The number of ether oxygens (including phenoxy) is 1. The summed E-state index contributed by atoms with van der Waals surface area (Å²) in [6.07, 6.45) is 3.49. The molecule has 1 aromatic carbocycles. The summed E-state index contributed by atoms with van der Waals surface area (Å²) in [5.41, 5.74) is 2.59. The molecule has 1 unspecified atom stereocenters. The van der Waals surface area contributed by atoms with Crippen molar-refractivity contribution in [3.63, 3.8) is 0 Å². The van der Waals surface area contributed by atoms with Crippen molar-refractivity contribution in [2.24, 2.45) is 7.05 Å². The highest BCUT2D eigenvalue weighted by Gasteiger charge is 2.21. The monoisotopic (exact) mass is 407 g/mol. The average molecular weight is 408 g/mol. The molecule has 3 aromatic rings. The molecule has 0 aliphatic heterocycles. The topological polar surface area (TPSA) is 81.1 Å². The minimum Gasteiger partial charge on any atom is -0.494 e. The van der Waals surface area contributed by atoms with E-state index in [4.69, 9.17) is 4.74 Å². The van der Waals surface area contributed by atoms with E-state index >= 15 is 0 Å². The van der Waals surface area contributed by atoms with Gasteiger partial charge in [-0.25, -0.2) is 4.98 Å². The molecule has 9 heteroatoms. The van der Waals surface area contributed by atoms with Gasteiger partial charge in [-0.2, -0.15) is 5.10 Å². The standard InChI is InChI=1S/C18H21N5O2S.ClH/c1-4-25-14-7-5-12(6-8-14)15-11-26-18(21-15)22-17(24)16(19-2)13-9-20-23(3)10-13;/h5-11,16,19H,4H2,1-3H3,(H,21,22,24);1H. The Morgan fingerprint density at radius 2 is 2.07 bits per heavy atom. The molecule has 1 amide bonds. The number of aromatic nitrogens is 3. The van der Waals surface area contributed by atoms with E-state index in [0.29, 0.717) is 11.7 Å². The van der Waals surface area contributed by atoms with Crippen LogP contribution in [-0.4, -0.2) is 34.3 Å². The van der Waals surface area contributed by atoms with E-state index in [1.807, 2.05) is 49.8 Å². The largest absolute Gasteiger partial charge is 0.494 e. The number of nitrogens with zero attached hydrogens (tertiary/aromatic N) is 3. The van der Waals surface area contributed by atoms with E-state index < -0.39 is 6.04 Å². The molecule has 2 aromatic heterocycles. The Kier molecular flexibility index (Phi) is 7.35. The van der Waals surface area contributed by atoms with E-state index in [1.165, 1.54) is 11.3 Å². The van der Waals surface area contributed by atoms with Crippen LogP contribution in [0.3, 0.4) is 0 Å². The van der Waals surface area contributed by atoms with Gasteiger partial charge in [0.05, 0.1) is 18.5 Å². The van der Waals surface area contributed by atoms with Crippen molar-refractivity contribution in [3.05, 3.63) is 47.6 Å². The normalized spacial score (nSPS) is 11.5. The summed E-state index contributed by atoms with van der Waals surface area (Å²) in [5.74, 6) is 0.654. The molecule has 2 heterocycles. The van der Waals surface area contributed by atoms with Crippen molar-refractivity contribution < 1.29 is 9.53 Å². The number of hydrogen-bond donors (Lipinski definition) is 2. The maximum atomic E-state index is 12.6. The van der Waals surface area contributed by atoms with Gasteiger partial charge in [0, 0.05) is 29.8 Å². The Balaban J connectivity index is 0.00000261. The van der Waals surface area contributed by atoms with Crippen LogP contribution in [0.4, 0.5) is 5.13 Å². The van der Waals surface area contributed by atoms with Crippen molar-refractivity contribution >= 4 is 34.8 Å². The second kappa shape index (κ2) is 9.50. The number of amides is 1. The number of benzene rings is 1. The van der Waals surface area contributed by atoms with Crippen LogP contribution in [0.5, 0.6) is 5.75 Å². The average Bonchev–Trinajstić information content (AvgIpc) is 3.26. The van der Waals surface area contributed by atoms with E-state index in [9.17, 15) is 4.79 Å². The summed E-state index contributed by atoms with van der Waals surface area (Å²) >= 11 is 1.39. The summed E-state index contributed by atoms with van der Waals surface area (Å²) in [4.78, 5) is 17.1. The second-order valence-corrected chi connectivity index (χ2v) is 6.51. The van der Waals surface area contributed by atoms with Gasteiger partial charge in [-0.05, 0) is 38.2 Å². The fraction of sp³-hybridized carbons (Fsp3) is 0.278. The predicted octanol–water partition coefficient (Wildman–Crippen LogP) is 3.26. The third-order valence-electron chi connectivity index (χ3n) is 3.80. The van der Waals surface area contributed by atoms with E-state index in [1.54, 1.807) is 17.9 Å². The van der Waals surface area contributed by atoms with Crippen LogP contribution in [0.1, 0.15) is 18.5 Å². The minimum atomic E-state index is -0.485. The molecule has 27 heavy (non-hydrogen) atoms. The SMILES string of the molecule is CCOc1ccc(-c2csc(NC(=O)C(NC)c3cnn(C)c3)n2)cc1.Cl. The van der Waals surface area contributed by atoms with Gasteiger partial charge in [0.1, 0.15) is 11.8 Å². The van der Waals surface area contributed by atoms with Crippen molar-refractivity contribution in [2.45, 2.75) is 13.0 Å². The number of thiazole rings is 1. The first-order valence-corrected chi connectivity index (χ1v) is 9.14. The number of nitrogens with one attached hydrogen (secondary N) is 2. The molecule has 3 rings (SSSR count). The molecule has 0 bridgehead atoms. The van der Waals surface area contributed by atoms with Gasteiger partial charge in [0.15, 0.2) is 5.13 Å². The Morgan fingerprint density at radius 3 is 2.67 bits per heavy atom. The van der Waals surface area contributed by atoms with Gasteiger partial charge >= 0.3 is 0 Å². The zero-order valence-electron chi connectivity index (χ0n) is 15.3. The van der Waals surface area contributed by atoms with Crippen LogP contribution < -0.4 is 15.4 Å². The van der Waals surface area contributed by atoms with Gasteiger partial charge in [-0.1, -0.05) is 0 Å². The molecule has 0 fully saturated rings. The van der Waals surface area contributed by atoms with Crippen LogP contribution >= 0.6 is 23.7 Å². The molecule has 2 N–H and O–H groups in total. The smallest absolute Gasteiger partial charge is 0.247 e. The van der Waals surface area contributed by atoms with Gasteiger partial charge in [-0.15, -0.1) is 23.7 Å². The zero-order valence-corrected chi connectivity index (χ0v) is 16.9. The number of hydrogen-bond acceptors (Lipinski definition) is 6. The lowest BCUT2D eigenvalue weighted by atomic mass is 10.1. The first-order chi connectivity index (χ1) is 12.6. The molecule has 144 valence electrons. The quantitative estimate of drug-likeness (QED) is 0.628. The summed E-state index contributed by atoms with van der Waals surface area (Å²) in [5, 5.41) is 12.5. The van der Waals surface area contributed by atoms with Crippen LogP contribution in [0.2, 0.25) is 0 Å². The molecule has 0 saturated heterocycles. The minimum absolute atomic E-state index is 0. The number of anilines is 1. The zero-order chi connectivity index (χ0) is 18.5. The van der Waals surface area contributed by atoms with Crippen molar-refractivity contribution in [3.8, 4) is 17.0 Å². The number of halogens is 1. The van der Waals surface area contributed by atoms with E-state index in [0.717, 1.165) is 22.6 Å². The molecule has 0 aliphatic carbocycles. The maximum Gasteiger partial charge on any atom is 0.247 e. The van der Waals surface area contributed by atoms with Crippen LogP contribution in [0.15, 0.2) is 42.0 Å². The van der Waals surface area contributed by atoms with Gasteiger partial charge < -0.3 is 15.4 Å². The number of likely N-dealkylation sites (N-methyl/N-ethyl adjacent to an activating group) is 1. The van der Waals surface area contributed by atoms with Crippen LogP contribution in [0.25, 0.3) is 11.3 Å². The Hall–Kier alpha value is -2.42. The Bertz CT molecular complexity index is 878. The van der Waals surface area contributed by atoms with Gasteiger partial charge in [0.2, 0.25) is 5.91 Å². The number of rotatable bonds is 7. The number of carbonyl (C=O) groups excluding carboxylic acids is 1. The molecular formula is C18H22ClN5O2S. The van der Waals surface area contributed by atoms with Gasteiger partial charge in [-0.3, -0.25) is 9.48 Å². The lowest BCUT2D eigenvalue weighted by Gasteiger charge is -2.12. The van der Waals surface area contributed by atoms with Crippen molar-refractivity contribution in [2.75, 3.05) is 19.0 Å². The summed E-state index contributed by atoms with van der Waals surface area (Å²) in [6, 6.07) is 7.25. The van der Waals surface area contributed by atoms with E-state index in [2.05, 4.69) is 20.7 Å². The van der Waals surface area contributed by atoms with Crippen molar-refractivity contribution in [1.29, 1.82) is 0 Å². The molecule has 0 saturated carbocycles. The van der Waals surface area contributed by atoms with Crippen molar-refractivity contribution in [1.82, 2.24) is 20.1 Å². The number of aryl methyl sites for hydroxylation is 1. The van der Waals surface area contributed by atoms with Crippen LogP contribution in [0, 0.1) is 0 Å². The molecule has 0 radical (unpaired) electrons.